The predicted molar refractivity (Wildman–Crippen MR) is 27.4 cm³/mol. The molecule has 1 rings (SSSR count). The predicted octanol–water partition coefficient (Wildman–Crippen LogP) is 0.344. The van der Waals surface area contributed by atoms with Crippen LogP contribution in [-0.4, -0.2) is 9.94 Å². The van der Waals surface area contributed by atoms with Crippen molar-refractivity contribution < 1.29 is 9.60 Å². The van der Waals surface area contributed by atoms with Crippen LogP contribution < -0.4 is 5.36 Å². The second-order valence-electron chi connectivity index (χ2n) is 1.59. The van der Waals surface area contributed by atoms with Gasteiger partial charge in [-0.2, -0.15) is 4.73 Å². The number of nitrogens with one attached hydrogen (secondary N) is 1. The average Bonchev–Trinajstić information content (AvgIpc) is 1.80. The third-order valence-electron chi connectivity index (χ3n) is 0.897. The molecular weight excluding hydrogens is 123 g/mol. The van der Waals surface area contributed by atoms with E-state index < -0.39 is 5.82 Å². The van der Waals surface area contributed by atoms with Gasteiger partial charge in [-0.3, -0.25) is 5.41 Å². The van der Waals surface area contributed by atoms with Crippen molar-refractivity contribution >= 4 is 0 Å². The molecule has 0 aliphatic rings. The maximum Gasteiger partial charge on any atom is 0.167 e. The zero-order chi connectivity index (χ0) is 6.85. The summed E-state index contributed by atoms with van der Waals surface area (Å²) in [5.74, 6) is -0.736. The molecule has 0 aliphatic carbocycles. The Morgan fingerprint density at radius 1 is 1.67 bits per heavy atom. The summed E-state index contributed by atoms with van der Waals surface area (Å²) in [4.78, 5) is 0. The zero-order valence-corrected chi connectivity index (χ0v) is 4.50. The minimum absolute atomic E-state index is 0.222. The Labute approximate surface area is 50.5 Å². The Bertz CT molecular complexity index is 268. The van der Waals surface area contributed by atoms with Gasteiger partial charge in [0, 0.05) is 6.20 Å². The molecule has 0 radical (unpaired) electrons. The molecule has 1 aromatic rings. The molecule has 9 heavy (non-hydrogen) atoms. The van der Waals surface area contributed by atoms with Crippen molar-refractivity contribution in [2.45, 2.75) is 0 Å². The van der Waals surface area contributed by atoms with E-state index in [-0.39, 0.29) is 5.36 Å². The third kappa shape index (κ3) is 1.07. The monoisotopic (exact) mass is 128 g/mol. The lowest BCUT2D eigenvalue weighted by molar-refractivity contribution is 0.180. The molecule has 0 aliphatic heterocycles. The molecule has 0 amide bonds. The highest BCUT2D eigenvalue weighted by atomic mass is 19.1. The van der Waals surface area contributed by atoms with E-state index in [1.54, 1.807) is 0 Å². The van der Waals surface area contributed by atoms with Crippen molar-refractivity contribution in [1.29, 1.82) is 5.41 Å². The Hall–Kier alpha value is -1.32. The van der Waals surface area contributed by atoms with E-state index >= 15 is 0 Å². The second kappa shape index (κ2) is 1.89. The van der Waals surface area contributed by atoms with E-state index in [9.17, 15) is 4.39 Å². The summed E-state index contributed by atoms with van der Waals surface area (Å²) >= 11 is 0. The first-order valence-electron chi connectivity index (χ1n) is 2.32. The molecule has 1 aromatic heterocycles. The molecule has 0 fully saturated rings. The summed E-state index contributed by atoms with van der Waals surface area (Å²) < 4.78 is 12.8. The number of aromatic nitrogens is 1. The summed E-state index contributed by atoms with van der Waals surface area (Å²) in [6.07, 6.45) is 2.01. The van der Waals surface area contributed by atoms with Crippen LogP contribution in [0.3, 0.4) is 0 Å². The highest BCUT2D eigenvalue weighted by Gasteiger charge is 1.90. The minimum atomic E-state index is -0.736. The van der Waals surface area contributed by atoms with Crippen LogP contribution in [0.1, 0.15) is 0 Å². The maximum absolute atomic E-state index is 12.2. The van der Waals surface area contributed by atoms with Gasteiger partial charge in [0.1, 0.15) is 0 Å². The van der Waals surface area contributed by atoms with Crippen molar-refractivity contribution in [3.8, 4) is 0 Å². The largest absolute Gasteiger partial charge is 0.429 e. The summed E-state index contributed by atoms with van der Waals surface area (Å²) in [6.45, 7) is 0. The highest BCUT2D eigenvalue weighted by Crippen LogP contribution is 1.84. The van der Waals surface area contributed by atoms with Gasteiger partial charge in [-0.1, -0.05) is 0 Å². The van der Waals surface area contributed by atoms with Crippen LogP contribution in [0, 0.1) is 11.2 Å². The van der Waals surface area contributed by atoms with Crippen LogP contribution in [0.2, 0.25) is 0 Å². The first-order chi connectivity index (χ1) is 4.20. The van der Waals surface area contributed by atoms with Crippen molar-refractivity contribution in [2.24, 2.45) is 0 Å². The van der Waals surface area contributed by atoms with Crippen LogP contribution in [-0.2, 0) is 0 Å². The van der Waals surface area contributed by atoms with Crippen molar-refractivity contribution in [1.82, 2.24) is 4.73 Å². The van der Waals surface area contributed by atoms with Crippen molar-refractivity contribution in [3.05, 3.63) is 29.6 Å². The van der Waals surface area contributed by atoms with Gasteiger partial charge in [-0.25, -0.2) is 4.39 Å². The van der Waals surface area contributed by atoms with Crippen LogP contribution >= 0.6 is 0 Å². The fourth-order valence-corrected chi connectivity index (χ4v) is 0.459. The van der Waals surface area contributed by atoms with Gasteiger partial charge in [0.2, 0.25) is 0 Å². The van der Waals surface area contributed by atoms with Gasteiger partial charge in [0.15, 0.2) is 5.82 Å². The van der Waals surface area contributed by atoms with E-state index in [1.165, 1.54) is 6.20 Å². The van der Waals surface area contributed by atoms with Crippen LogP contribution in [0.5, 0.6) is 0 Å². The lowest BCUT2D eigenvalue weighted by Gasteiger charge is -1.93. The van der Waals surface area contributed by atoms with Gasteiger partial charge >= 0.3 is 0 Å². The Morgan fingerprint density at radius 3 is 2.78 bits per heavy atom. The van der Waals surface area contributed by atoms with E-state index in [2.05, 4.69) is 0 Å². The normalized spacial score (nSPS) is 9.44. The summed E-state index contributed by atoms with van der Waals surface area (Å²) in [6, 6.07) is 1.16. The van der Waals surface area contributed by atoms with Gasteiger partial charge in [-0.05, 0) is 6.07 Å². The van der Waals surface area contributed by atoms with Crippen LogP contribution in [0.15, 0.2) is 18.5 Å². The first kappa shape index (κ1) is 5.81. The second-order valence-corrected chi connectivity index (χ2v) is 1.59. The lowest BCUT2D eigenvalue weighted by Crippen LogP contribution is -2.07. The summed E-state index contributed by atoms with van der Waals surface area (Å²) in [7, 11) is 0. The quantitative estimate of drug-likeness (QED) is 0.486. The zero-order valence-electron chi connectivity index (χ0n) is 4.50. The van der Waals surface area contributed by atoms with Gasteiger partial charge in [0.25, 0.3) is 0 Å². The molecule has 2 N–H and O–H groups in total. The summed E-state index contributed by atoms with van der Waals surface area (Å²) in [5, 5.41) is 15.1. The fraction of sp³-hybridized carbons (Fsp3) is 0. The average molecular weight is 128 g/mol. The number of rotatable bonds is 0. The molecule has 48 valence electrons. The smallest absolute Gasteiger partial charge is 0.167 e. The lowest BCUT2D eigenvalue weighted by atomic mass is 10.4. The third-order valence-corrected chi connectivity index (χ3v) is 0.897. The van der Waals surface area contributed by atoms with Crippen molar-refractivity contribution in [2.75, 3.05) is 0 Å². The van der Waals surface area contributed by atoms with E-state index in [0.717, 1.165) is 12.3 Å². The molecule has 4 heteroatoms. The molecule has 0 saturated heterocycles. The Balaban J connectivity index is 3.34. The van der Waals surface area contributed by atoms with E-state index in [0.29, 0.717) is 4.73 Å². The van der Waals surface area contributed by atoms with Gasteiger partial charge in [-0.15, -0.1) is 0 Å². The summed E-state index contributed by atoms with van der Waals surface area (Å²) in [5.41, 5.74) is 0. The Morgan fingerprint density at radius 2 is 2.33 bits per heavy atom. The number of halogens is 1. The molecular formula is C5H5FN2O. The number of hydrogen-bond acceptors (Lipinski definition) is 2. The van der Waals surface area contributed by atoms with E-state index in [1.807, 2.05) is 0 Å². The number of pyridine rings is 1. The molecule has 0 aromatic carbocycles. The Kier molecular flexibility index (Phi) is 1.22. The molecule has 1 heterocycles. The standard InChI is InChI=1S/C5H5FN2O/c6-4-3-8(9)2-1-5(4)7/h1-3,7,9H. The molecule has 0 bridgehead atoms. The number of nitrogens with zero attached hydrogens (tertiary/aromatic N) is 1. The molecule has 0 unspecified atom stereocenters. The SMILES string of the molecule is N=c1ccn(O)cc1F. The first-order valence-corrected chi connectivity index (χ1v) is 2.32. The molecule has 0 saturated carbocycles. The molecule has 0 spiro atoms. The van der Waals surface area contributed by atoms with Crippen molar-refractivity contribution in [3.63, 3.8) is 0 Å². The maximum atomic E-state index is 12.2. The fourth-order valence-electron chi connectivity index (χ4n) is 0.459. The van der Waals surface area contributed by atoms with Gasteiger partial charge < -0.3 is 5.21 Å². The molecule has 3 nitrogen and oxygen atoms in total. The van der Waals surface area contributed by atoms with Crippen LogP contribution in [0.4, 0.5) is 4.39 Å². The van der Waals surface area contributed by atoms with Crippen LogP contribution in [0.25, 0.3) is 0 Å². The molecule has 0 atom stereocenters. The minimum Gasteiger partial charge on any atom is -0.429 e. The topological polar surface area (TPSA) is 49.0 Å². The highest BCUT2D eigenvalue weighted by molar-refractivity contribution is 4.92. The van der Waals surface area contributed by atoms with Gasteiger partial charge in [0.05, 0.1) is 11.6 Å². The van der Waals surface area contributed by atoms with E-state index in [4.69, 9.17) is 10.6 Å². The number of hydrogen-bond donors (Lipinski definition) is 2.